The molecule has 28 heavy (non-hydrogen) atoms. The van der Waals surface area contributed by atoms with E-state index in [-0.39, 0.29) is 23.6 Å². The van der Waals surface area contributed by atoms with Crippen LogP contribution in [0.4, 0.5) is 0 Å². The maximum absolute atomic E-state index is 9.44. The fourth-order valence-corrected chi connectivity index (χ4v) is 3.86. The molecule has 164 valence electrons. The monoisotopic (exact) mass is 457 g/mol. The van der Waals surface area contributed by atoms with Gasteiger partial charge < -0.3 is 26.9 Å². The van der Waals surface area contributed by atoms with Crippen LogP contribution >= 0.6 is 0 Å². The first-order valence-corrected chi connectivity index (χ1v) is 11.3. The number of quaternary nitrogens is 1. The first kappa shape index (κ1) is 27.4. The summed E-state index contributed by atoms with van der Waals surface area (Å²) in [6, 6.07) is 10.0. The van der Waals surface area contributed by atoms with Crippen molar-refractivity contribution in [3.05, 3.63) is 30.3 Å². The third-order valence-corrected chi connectivity index (χ3v) is 5.30. The van der Waals surface area contributed by atoms with Crippen molar-refractivity contribution in [2.45, 2.75) is 84.0 Å². The maximum atomic E-state index is 9.44. The minimum Gasteiger partial charge on any atom is -1.00 e. The van der Waals surface area contributed by atoms with Crippen molar-refractivity contribution in [1.29, 1.82) is 0 Å². The summed E-state index contributed by atoms with van der Waals surface area (Å²) < 4.78 is 0.506. The molecule has 0 heterocycles. The van der Waals surface area contributed by atoms with Crippen LogP contribution in [0.3, 0.4) is 0 Å². The molecule has 0 aliphatic heterocycles. The summed E-state index contributed by atoms with van der Waals surface area (Å²) >= 11 is 0. The lowest BCUT2D eigenvalue weighted by atomic mass is 9.96. The van der Waals surface area contributed by atoms with Crippen LogP contribution in [-0.2, 0) is 0 Å². The Balaban J connectivity index is 0.00000729. The lowest BCUT2D eigenvalue weighted by Gasteiger charge is -2.31. The molecule has 0 bridgehead atoms. The molecule has 0 aromatic heterocycles. The van der Waals surface area contributed by atoms with E-state index in [2.05, 4.69) is 21.0 Å². The minimum absolute atomic E-state index is 0. The highest BCUT2D eigenvalue weighted by molar-refractivity contribution is 5.20. The molecule has 1 aromatic rings. The predicted molar refractivity (Wildman–Crippen MR) is 116 cm³/mol. The summed E-state index contributed by atoms with van der Waals surface area (Å²) in [6.45, 7) is 3.48. The minimum atomic E-state index is 0. The molecule has 0 amide bonds. The van der Waals surface area contributed by atoms with Gasteiger partial charge in [0.15, 0.2) is 5.75 Å². The van der Waals surface area contributed by atoms with Gasteiger partial charge in [-0.2, -0.15) is 0 Å². The second kappa shape index (κ2) is 17.3. The van der Waals surface area contributed by atoms with Gasteiger partial charge in [0.25, 0.3) is 0 Å². The normalized spacial score (nSPS) is 12.4. The Kier molecular flexibility index (Phi) is 16.9. The van der Waals surface area contributed by atoms with Crippen molar-refractivity contribution in [3.63, 3.8) is 0 Å². The molecule has 3 nitrogen and oxygen atoms in total. The molecule has 1 aromatic carbocycles. The Labute approximate surface area is 184 Å². The molecular formula is C24H44BrNO2. The number of aliphatic hydroxyl groups is 1. The Bertz CT molecular complexity index is 453. The molecule has 1 atom stereocenters. The standard InChI is InChI=1S/C24H44NO2.BrH/c1-4-5-6-7-8-9-10-11-12-14-17-23(20-21-26)22-25(2,3)27-24-18-15-13-16-19-24;/h13,15-16,18-19,23,26H,4-12,14,17,20-22H2,1-3H3;1H/q+1;/p-1. The zero-order valence-electron chi connectivity index (χ0n) is 18.5. The molecule has 0 fully saturated rings. The van der Waals surface area contributed by atoms with Crippen molar-refractivity contribution < 1.29 is 31.6 Å². The van der Waals surface area contributed by atoms with Crippen molar-refractivity contribution in [1.82, 2.24) is 0 Å². The second-order valence-corrected chi connectivity index (χ2v) is 8.51. The molecule has 1 N–H and O–H groups in total. The van der Waals surface area contributed by atoms with Crippen LogP contribution in [0.1, 0.15) is 84.0 Å². The van der Waals surface area contributed by atoms with Gasteiger partial charge in [0.05, 0.1) is 0 Å². The molecule has 0 spiro atoms. The van der Waals surface area contributed by atoms with Crippen LogP contribution in [0.5, 0.6) is 5.75 Å². The smallest absolute Gasteiger partial charge is 0.190 e. The SMILES string of the molecule is CCCCCCCCCCCCC(CCO)C[N+](C)(C)Oc1ccccc1.[Br-]. The molecule has 0 aliphatic carbocycles. The molecule has 0 saturated heterocycles. The first-order valence-electron chi connectivity index (χ1n) is 11.3. The Morgan fingerprint density at radius 3 is 1.89 bits per heavy atom. The Morgan fingerprint density at radius 2 is 1.36 bits per heavy atom. The van der Waals surface area contributed by atoms with E-state index in [1.165, 1.54) is 70.6 Å². The summed E-state index contributed by atoms with van der Waals surface area (Å²) in [7, 11) is 4.21. The number of nitrogens with zero attached hydrogens (tertiary/aromatic N) is 1. The number of benzene rings is 1. The summed E-state index contributed by atoms with van der Waals surface area (Å²) in [5.74, 6) is 1.42. The molecule has 0 aliphatic rings. The fraction of sp³-hybridized carbons (Fsp3) is 0.750. The number of hydroxylamine groups is 3. The highest BCUT2D eigenvalue weighted by atomic mass is 79.9. The topological polar surface area (TPSA) is 29.5 Å². The average Bonchev–Trinajstić information content (AvgIpc) is 2.63. The third kappa shape index (κ3) is 14.4. The number of hydrogen-bond acceptors (Lipinski definition) is 2. The van der Waals surface area contributed by atoms with E-state index in [9.17, 15) is 5.11 Å². The zero-order chi connectivity index (χ0) is 19.8. The van der Waals surface area contributed by atoms with Gasteiger partial charge in [-0.1, -0.05) is 89.3 Å². The van der Waals surface area contributed by atoms with Gasteiger partial charge in [-0.05, 0) is 25.0 Å². The largest absolute Gasteiger partial charge is 1.00 e. The second-order valence-electron chi connectivity index (χ2n) is 8.51. The van der Waals surface area contributed by atoms with E-state index in [1.54, 1.807) is 0 Å². The Hall–Kier alpha value is -0.580. The van der Waals surface area contributed by atoms with E-state index >= 15 is 0 Å². The summed E-state index contributed by atoms with van der Waals surface area (Å²) in [4.78, 5) is 6.13. The van der Waals surface area contributed by atoms with Gasteiger partial charge in [0.2, 0.25) is 0 Å². The van der Waals surface area contributed by atoms with E-state index in [0.717, 1.165) is 18.7 Å². The number of para-hydroxylation sites is 1. The number of halogens is 1. The van der Waals surface area contributed by atoms with Crippen molar-refractivity contribution in [3.8, 4) is 5.75 Å². The summed E-state index contributed by atoms with van der Waals surface area (Å²) in [5, 5.41) is 9.44. The molecular weight excluding hydrogens is 414 g/mol. The van der Waals surface area contributed by atoms with E-state index < -0.39 is 0 Å². The van der Waals surface area contributed by atoms with E-state index in [1.807, 2.05) is 30.3 Å². The highest BCUT2D eigenvalue weighted by Crippen LogP contribution is 2.21. The first-order chi connectivity index (χ1) is 13.1. The highest BCUT2D eigenvalue weighted by Gasteiger charge is 2.24. The van der Waals surface area contributed by atoms with Crippen molar-refractivity contribution in [2.75, 3.05) is 27.2 Å². The molecule has 0 radical (unpaired) electrons. The number of unbranched alkanes of at least 4 members (excludes halogenated alkanes) is 9. The van der Waals surface area contributed by atoms with Gasteiger partial charge >= 0.3 is 0 Å². The maximum Gasteiger partial charge on any atom is 0.190 e. The van der Waals surface area contributed by atoms with Gasteiger partial charge in [-0.25, -0.2) is 0 Å². The van der Waals surface area contributed by atoms with Crippen LogP contribution in [0.15, 0.2) is 30.3 Å². The fourth-order valence-electron chi connectivity index (χ4n) is 3.86. The van der Waals surface area contributed by atoms with Gasteiger partial charge in [0, 0.05) is 12.5 Å². The number of aliphatic hydroxyl groups excluding tert-OH is 1. The lowest BCUT2D eigenvalue weighted by Crippen LogP contribution is -3.00. The summed E-state index contributed by atoms with van der Waals surface area (Å²) in [6.07, 6.45) is 15.8. The predicted octanol–water partition coefficient (Wildman–Crippen LogP) is 3.37. The van der Waals surface area contributed by atoms with Crippen LogP contribution < -0.4 is 21.8 Å². The van der Waals surface area contributed by atoms with Crippen LogP contribution in [0.2, 0.25) is 0 Å². The lowest BCUT2D eigenvalue weighted by molar-refractivity contribution is -1.05. The number of rotatable bonds is 17. The quantitative estimate of drug-likeness (QED) is 0.220. The van der Waals surface area contributed by atoms with Crippen molar-refractivity contribution in [2.24, 2.45) is 5.92 Å². The van der Waals surface area contributed by atoms with E-state index in [0.29, 0.717) is 10.6 Å². The number of hydrogen-bond donors (Lipinski definition) is 1. The van der Waals surface area contributed by atoms with Crippen LogP contribution in [0, 0.1) is 5.92 Å². The van der Waals surface area contributed by atoms with Crippen LogP contribution in [0.25, 0.3) is 0 Å². The van der Waals surface area contributed by atoms with Gasteiger partial charge in [-0.15, -0.1) is 4.65 Å². The third-order valence-electron chi connectivity index (χ3n) is 5.30. The summed E-state index contributed by atoms with van der Waals surface area (Å²) in [5.41, 5.74) is 0. The molecule has 0 saturated carbocycles. The van der Waals surface area contributed by atoms with Gasteiger partial charge in [-0.3, -0.25) is 0 Å². The zero-order valence-corrected chi connectivity index (χ0v) is 20.1. The Morgan fingerprint density at radius 1 is 0.821 bits per heavy atom. The van der Waals surface area contributed by atoms with Crippen molar-refractivity contribution >= 4 is 0 Å². The van der Waals surface area contributed by atoms with Crippen LogP contribution in [-0.4, -0.2) is 37.0 Å². The van der Waals surface area contributed by atoms with Gasteiger partial charge in [0.1, 0.15) is 20.6 Å². The molecule has 4 heteroatoms. The average molecular weight is 459 g/mol. The molecule has 1 rings (SSSR count). The molecule has 1 unspecified atom stereocenters. The van der Waals surface area contributed by atoms with E-state index in [4.69, 9.17) is 4.84 Å².